The van der Waals surface area contributed by atoms with Gasteiger partial charge < -0.3 is 9.99 Å². The van der Waals surface area contributed by atoms with E-state index in [1.54, 1.807) is 12.1 Å². The summed E-state index contributed by atoms with van der Waals surface area (Å²) in [5.74, 6) is -0.341. The van der Waals surface area contributed by atoms with E-state index in [2.05, 4.69) is 20.8 Å². The van der Waals surface area contributed by atoms with Crippen molar-refractivity contribution in [1.82, 2.24) is 0 Å². The lowest BCUT2D eigenvalue weighted by Gasteiger charge is -2.37. The van der Waals surface area contributed by atoms with Crippen LogP contribution in [0.2, 0.25) is 0 Å². The molecular weight excluding hydrogens is 328 g/mol. The molecule has 0 radical (unpaired) electrons. The highest BCUT2D eigenvalue weighted by Gasteiger charge is 2.49. The molecule has 0 aliphatic heterocycles. The Balaban J connectivity index is 2.09. The topological polar surface area (TPSA) is 55.8 Å². The molecule has 26 heavy (non-hydrogen) atoms. The van der Waals surface area contributed by atoms with E-state index >= 15 is 0 Å². The van der Waals surface area contributed by atoms with Crippen molar-refractivity contribution >= 4 is 5.97 Å². The second-order valence-corrected chi connectivity index (χ2v) is 8.78. The van der Waals surface area contributed by atoms with E-state index in [9.17, 15) is 9.90 Å². The predicted molar refractivity (Wildman–Crippen MR) is 103 cm³/mol. The van der Waals surface area contributed by atoms with Gasteiger partial charge in [-0.15, -0.1) is 0 Å². The molecule has 1 aliphatic rings. The first kappa shape index (κ1) is 20.8. The van der Waals surface area contributed by atoms with Crippen molar-refractivity contribution in [2.75, 3.05) is 0 Å². The zero-order valence-corrected chi connectivity index (χ0v) is 16.5. The SMILES string of the molecule is CC(C)(C)CCCCC(OOc1ccccc1)(C(=O)O)C1CCCCC1. The maximum atomic E-state index is 12.3. The Labute approximate surface area is 157 Å². The number of rotatable bonds is 9. The van der Waals surface area contributed by atoms with E-state index in [1.165, 1.54) is 6.42 Å². The molecule has 1 aromatic carbocycles. The third kappa shape index (κ3) is 6.01. The molecule has 2 rings (SSSR count). The molecule has 1 N–H and O–H groups in total. The second kappa shape index (κ2) is 9.40. The third-order valence-corrected chi connectivity index (χ3v) is 5.38. The van der Waals surface area contributed by atoms with Gasteiger partial charge >= 0.3 is 5.97 Å². The molecule has 0 amide bonds. The molecular formula is C22H34O4. The number of para-hydroxylation sites is 1. The molecule has 0 saturated heterocycles. The molecule has 1 saturated carbocycles. The van der Waals surface area contributed by atoms with Crippen LogP contribution in [0.25, 0.3) is 0 Å². The molecule has 4 heteroatoms. The van der Waals surface area contributed by atoms with Crippen LogP contribution in [0.15, 0.2) is 30.3 Å². The van der Waals surface area contributed by atoms with Crippen LogP contribution >= 0.6 is 0 Å². The summed E-state index contributed by atoms with van der Waals surface area (Å²) in [4.78, 5) is 23.6. The largest absolute Gasteiger partial charge is 0.479 e. The van der Waals surface area contributed by atoms with Gasteiger partial charge in [-0.3, -0.25) is 0 Å². The molecule has 0 spiro atoms. The Kier molecular flexibility index (Phi) is 7.51. The highest BCUT2D eigenvalue weighted by atomic mass is 17.2. The van der Waals surface area contributed by atoms with Gasteiger partial charge in [-0.25, -0.2) is 4.79 Å². The van der Waals surface area contributed by atoms with Crippen LogP contribution in [-0.2, 0) is 9.68 Å². The number of carbonyl (C=O) groups is 1. The summed E-state index contributed by atoms with van der Waals surface area (Å²) in [5, 5.41) is 10.1. The summed E-state index contributed by atoms with van der Waals surface area (Å²) in [6.45, 7) is 6.65. The fraction of sp³-hybridized carbons (Fsp3) is 0.682. The van der Waals surface area contributed by atoms with Gasteiger partial charge in [0.05, 0.1) is 0 Å². The van der Waals surface area contributed by atoms with Crippen LogP contribution < -0.4 is 4.89 Å². The zero-order chi connectivity index (χ0) is 19.0. The number of unbranched alkanes of at least 4 members (excludes halogenated alkanes) is 1. The van der Waals surface area contributed by atoms with Crippen molar-refractivity contribution in [3.8, 4) is 5.75 Å². The number of aliphatic carboxylic acids is 1. The standard InChI is InChI=1S/C22H34O4/c1-21(2,3)16-10-11-17-22(20(23)24,18-12-6-4-7-13-18)26-25-19-14-8-5-9-15-19/h5,8-9,14-15,18H,4,6-7,10-13,16-17H2,1-3H3,(H,23,24). The summed E-state index contributed by atoms with van der Waals surface area (Å²) in [6.07, 6.45) is 8.50. The number of benzene rings is 1. The molecule has 1 fully saturated rings. The third-order valence-electron chi connectivity index (χ3n) is 5.38. The van der Waals surface area contributed by atoms with Crippen LogP contribution in [0.5, 0.6) is 5.75 Å². The van der Waals surface area contributed by atoms with E-state index in [1.807, 2.05) is 18.2 Å². The van der Waals surface area contributed by atoms with Crippen LogP contribution in [0.1, 0.15) is 78.6 Å². The quantitative estimate of drug-likeness (QED) is 0.332. The Morgan fingerprint density at radius 1 is 1.04 bits per heavy atom. The minimum atomic E-state index is -1.26. The van der Waals surface area contributed by atoms with Crippen LogP contribution in [0.4, 0.5) is 0 Å². The monoisotopic (exact) mass is 362 g/mol. The van der Waals surface area contributed by atoms with Crippen molar-refractivity contribution in [1.29, 1.82) is 0 Å². The lowest BCUT2D eigenvalue weighted by molar-refractivity contribution is -0.307. The van der Waals surface area contributed by atoms with Gasteiger partial charge in [0.15, 0.2) is 5.75 Å². The second-order valence-electron chi connectivity index (χ2n) is 8.78. The van der Waals surface area contributed by atoms with Gasteiger partial charge in [0.1, 0.15) is 0 Å². The Morgan fingerprint density at radius 3 is 2.23 bits per heavy atom. The fourth-order valence-electron chi connectivity index (χ4n) is 3.84. The molecule has 1 unspecified atom stereocenters. The first-order chi connectivity index (χ1) is 12.3. The first-order valence-corrected chi connectivity index (χ1v) is 9.98. The molecule has 1 atom stereocenters. The number of carboxylic acids is 1. The molecule has 0 bridgehead atoms. The fourth-order valence-corrected chi connectivity index (χ4v) is 3.84. The van der Waals surface area contributed by atoms with Crippen molar-refractivity contribution in [2.45, 2.75) is 84.2 Å². The highest BCUT2D eigenvalue weighted by molar-refractivity contribution is 5.78. The smallest absolute Gasteiger partial charge is 0.340 e. The maximum Gasteiger partial charge on any atom is 0.340 e. The number of carboxylic acid groups (broad SMARTS) is 1. The Hall–Kier alpha value is -1.55. The predicted octanol–water partition coefficient (Wildman–Crippen LogP) is 6.01. The summed E-state index contributed by atoms with van der Waals surface area (Å²) in [5.41, 5.74) is -0.994. The van der Waals surface area contributed by atoms with E-state index < -0.39 is 11.6 Å². The number of hydrogen-bond acceptors (Lipinski definition) is 3. The first-order valence-electron chi connectivity index (χ1n) is 9.98. The van der Waals surface area contributed by atoms with Gasteiger partial charge in [0.2, 0.25) is 5.60 Å². The van der Waals surface area contributed by atoms with Gasteiger partial charge in [-0.05, 0) is 49.7 Å². The van der Waals surface area contributed by atoms with Gasteiger partial charge in [0.25, 0.3) is 0 Å². The normalized spacial score (nSPS) is 18.3. The summed E-state index contributed by atoms with van der Waals surface area (Å²) in [7, 11) is 0. The highest BCUT2D eigenvalue weighted by Crippen LogP contribution is 2.39. The molecule has 1 aromatic rings. The minimum Gasteiger partial charge on any atom is -0.479 e. The van der Waals surface area contributed by atoms with Crippen LogP contribution in [0, 0.1) is 11.3 Å². The average molecular weight is 363 g/mol. The van der Waals surface area contributed by atoms with Crippen molar-refractivity contribution in [3.63, 3.8) is 0 Å². The summed E-state index contributed by atoms with van der Waals surface area (Å²) in [6, 6.07) is 9.17. The molecule has 146 valence electrons. The van der Waals surface area contributed by atoms with E-state index in [-0.39, 0.29) is 11.3 Å². The number of hydrogen-bond donors (Lipinski definition) is 1. The lowest BCUT2D eigenvalue weighted by atomic mass is 9.74. The average Bonchev–Trinajstić information content (AvgIpc) is 2.62. The van der Waals surface area contributed by atoms with Crippen LogP contribution in [-0.4, -0.2) is 16.7 Å². The molecule has 0 aromatic heterocycles. The van der Waals surface area contributed by atoms with Crippen molar-refractivity contribution in [2.24, 2.45) is 11.3 Å². The van der Waals surface area contributed by atoms with Gasteiger partial charge in [-0.1, -0.05) is 64.7 Å². The minimum absolute atomic E-state index is 0.00657. The Bertz CT molecular complexity index is 543. The lowest BCUT2D eigenvalue weighted by Crippen LogP contribution is -2.50. The molecule has 0 heterocycles. The molecule has 4 nitrogen and oxygen atoms in total. The Morgan fingerprint density at radius 2 is 1.65 bits per heavy atom. The van der Waals surface area contributed by atoms with Crippen molar-refractivity contribution < 1.29 is 19.7 Å². The van der Waals surface area contributed by atoms with Gasteiger partial charge in [0, 0.05) is 5.92 Å². The van der Waals surface area contributed by atoms with E-state index in [4.69, 9.17) is 9.78 Å². The van der Waals surface area contributed by atoms with Crippen molar-refractivity contribution in [3.05, 3.63) is 30.3 Å². The summed E-state index contributed by atoms with van der Waals surface area (Å²) < 4.78 is 0. The van der Waals surface area contributed by atoms with E-state index in [0.717, 1.165) is 44.9 Å². The summed E-state index contributed by atoms with van der Waals surface area (Å²) >= 11 is 0. The maximum absolute atomic E-state index is 12.3. The van der Waals surface area contributed by atoms with E-state index in [0.29, 0.717) is 12.2 Å². The zero-order valence-electron chi connectivity index (χ0n) is 16.5. The van der Waals surface area contributed by atoms with Crippen LogP contribution in [0.3, 0.4) is 0 Å². The van der Waals surface area contributed by atoms with Gasteiger partial charge in [-0.2, -0.15) is 4.89 Å². The molecule has 1 aliphatic carbocycles.